The Hall–Kier alpha value is -2.93. The molecule has 4 atom stereocenters. The number of carbonyl (C=O) groups is 2. The first-order valence-electron chi connectivity index (χ1n) is 8.75. The van der Waals surface area contributed by atoms with Gasteiger partial charge >= 0.3 is 0 Å². The average Bonchev–Trinajstić information content (AvgIpc) is 2.94. The lowest BCUT2D eigenvalue weighted by atomic mass is 10.1. The number of aliphatic hydroxyl groups excluding tert-OH is 1. The minimum atomic E-state index is -1.01. The van der Waals surface area contributed by atoms with Gasteiger partial charge < -0.3 is 15.2 Å². The number of rotatable bonds is 2. The minimum absolute atomic E-state index is 0.171. The topological polar surface area (TPSA) is 78.9 Å². The second-order valence-electron chi connectivity index (χ2n) is 6.82. The van der Waals surface area contributed by atoms with Crippen molar-refractivity contribution in [2.24, 2.45) is 0 Å². The van der Waals surface area contributed by atoms with Crippen molar-refractivity contribution in [2.45, 2.75) is 37.6 Å². The Morgan fingerprint density at radius 3 is 2.74 bits per heavy atom. The number of halogens is 1. The lowest BCUT2D eigenvalue weighted by molar-refractivity contribution is -0.118. The molecule has 0 unspecified atom stereocenters. The molecule has 0 saturated heterocycles. The zero-order valence-corrected chi connectivity index (χ0v) is 14.6. The number of nitrogens with zero attached hydrogens (tertiary/aromatic N) is 1. The lowest BCUT2D eigenvalue weighted by Crippen LogP contribution is -2.55. The van der Waals surface area contributed by atoms with Gasteiger partial charge in [0.25, 0.3) is 5.91 Å². The van der Waals surface area contributed by atoms with Gasteiger partial charge in [-0.15, -0.1) is 0 Å². The van der Waals surface area contributed by atoms with Crippen molar-refractivity contribution in [2.75, 3.05) is 4.90 Å². The van der Waals surface area contributed by atoms with Crippen LogP contribution in [0, 0.1) is 5.82 Å². The average molecular weight is 370 g/mol. The maximum absolute atomic E-state index is 13.4. The third-order valence-electron chi connectivity index (χ3n) is 5.07. The number of ether oxygens (including phenoxy) is 1. The van der Waals surface area contributed by atoms with Crippen LogP contribution in [0.2, 0.25) is 0 Å². The quantitative estimate of drug-likeness (QED) is 0.846. The number of anilines is 1. The number of carbonyl (C=O) groups excluding carboxylic acids is 2. The van der Waals surface area contributed by atoms with E-state index in [2.05, 4.69) is 5.32 Å². The molecule has 7 heteroatoms. The highest BCUT2D eigenvalue weighted by molar-refractivity contribution is 5.96. The van der Waals surface area contributed by atoms with E-state index in [9.17, 15) is 19.1 Å². The largest absolute Gasteiger partial charge is 0.486 e. The summed E-state index contributed by atoms with van der Waals surface area (Å²) in [7, 11) is 0. The van der Waals surface area contributed by atoms with E-state index in [-0.39, 0.29) is 11.5 Å². The summed E-state index contributed by atoms with van der Waals surface area (Å²) in [5, 5.41) is 13.6. The summed E-state index contributed by atoms with van der Waals surface area (Å²) in [5.74, 6) is -0.635. The second kappa shape index (κ2) is 6.66. The van der Waals surface area contributed by atoms with Crippen LogP contribution in [-0.2, 0) is 4.79 Å². The molecule has 2 aliphatic rings. The molecule has 2 amide bonds. The Morgan fingerprint density at radius 1 is 1.22 bits per heavy atom. The lowest BCUT2D eigenvalue weighted by Gasteiger charge is -2.39. The van der Waals surface area contributed by atoms with Gasteiger partial charge in [-0.05, 0) is 30.3 Å². The molecule has 6 nitrogen and oxygen atoms in total. The van der Waals surface area contributed by atoms with Crippen molar-refractivity contribution < 1.29 is 23.8 Å². The highest BCUT2D eigenvalue weighted by Gasteiger charge is 2.51. The minimum Gasteiger partial charge on any atom is -0.486 e. The number of nitrogens with one attached hydrogen (secondary N) is 1. The fourth-order valence-corrected chi connectivity index (χ4v) is 3.91. The number of hydrogen-bond donors (Lipinski definition) is 2. The van der Waals surface area contributed by atoms with Crippen LogP contribution in [0.15, 0.2) is 48.5 Å². The first kappa shape index (κ1) is 17.5. The van der Waals surface area contributed by atoms with Gasteiger partial charge in [0.05, 0.1) is 17.8 Å². The fourth-order valence-electron chi connectivity index (χ4n) is 3.91. The monoisotopic (exact) mass is 370 g/mol. The summed E-state index contributed by atoms with van der Waals surface area (Å²) in [5.41, 5.74) is 0.770. The summed E-state index contributed by atoms with van der Waals surface area (Å²) in [6, 6.07) is 11.3. The molecule has 140 valence electrons. The van der Waals surface area contributed by atoms with Crippen LogP contribution in [-0.4, -0.2) is 41.2 Å². The molecule has 0 aromatic heterocycles. The molecule has 2 aromatic carbocycles. The van der Waals surface area contributed by atoms with Crippen molar-refractivity contribution in [3.63, 3.8) is 0 Å². The Balaban J connectivity index is 1.58. The molecule has 1 aliphatic heterocycles. The SMILES string of the molecule is CC(=O)N1c2ccccc2O[C@@H]2C[C@@H](NC(=O)c3cccc(F)c3)[C@@H](O)[C@@H]21. The maximum atomic E-state index is 13.4. The van der Waals surface area contributed by atoms with Crippen molar-refractivity contribution in [3.05, 3.63) is 59.9 Å². The van der Waals surface area contributed by atoms with E-state index < -0.39 is 36.0 Å². The van der Waals surface area contributed by atoms with Gasteiger partial charge in [-0.3, -0.25) is 14.5 Å². The summed E-state index contributed by atoms with van der Waals surface area (Å²) >= 11 is 0. The van der Waals surface area contributed by atoms with Crippen LogP contribution in [0.5, 0.6) is 5.75 Å². The van der Waals surface area contributed by atoms with E-state index in [1.54, 1.807) is 18.2 Å². The number of fused-ring (bicyclic) bond motifs is 2. The summed E-state index contributed by atoms with van der Waals surface area (Å²) < 4.78 is 19.3. The first-order chi connectivity index (χ1) is 13.0. The van der Waals surface area contributed by atoms with E-state index in [1.165, 1.54) is 30.0 Å². The molecule has 2 aromatic rings. The molecule has 1 saturated carbocycles. The van der Waals surface area contributed by atoms with Gasteiger partial charge in [-0.25, -0.2) is 4.39 Å². The predicted molar refractivity (Wildman–Crippen MR) is 96.1 cm³/mol. The number of hydrogen-bond acceptors (Lipinski definition) is 4. The van der Waals surface area contributed by atoms with Crippen molar-refractivity contribution in [1.82, 2.24) is 5.32 Å². The van der Waals surface area contributed by atoms with Gasteiger partial charge in [0, 0.05) is 18.9 Å². The van der Waals surface area contributed by atoms with Gasteiger partial charge in [-0.2, -0.15) is 0 Å². The molecule has 0 spiro atoms. The molecule has 27 heavy (non-hydrogen) atoms. The van der Waals surface area contributed by atoms with Crippen LogP contribution in [0.3, 0.4) is 0 Å². The zero-order chi connectivity index (χ0) is 19.1. The van der Waals surface area contributed by atoms with Gasteiger partial charge in [0.15, 0.2) is 0 Å². The second-order valence-corrected chi connectivity index (χ2v) is 6.82. The van der Waals surface area contributed by atoms with Crippen LogP contribution in [0.4, 0.5) is 10.1 Å². The van der Waals surface area contributed by atoms with Crippen molar-refractivity contribution in [1.29, 1.82) is 0 Å². The predicted octanol–water partition coefficient (Wildman–Crippen LogP) is 1.87. The van der Waals surface area contributed by atoms with E-state index in [4.69, 9.17) is 4.74 Å². The van der Waals surface area contributed by atoms with Crippen LogP contribution in [0.1, 0.15) is 23.7 Å². The van der Waals surface area contributed by atoms with Crippen molar-refractivity contribution >= 4 is 17.5 Å². The highest BCUT2D eigenvalue weighted by atomic mass is 19.1. The Bertz CT molecular complexity index is 903. The maximum Gasteiger partial charge on any atom is 0.251 e. The molecule has 1 fully saturated rings. The molecule has 2 N–H and O–H groups in total. The van der Waals surface area contributed by atoms with E-state index in [0.717, 1.165) is 6.07 Å². The molecule has 1 heterocycles. The standard InChI is InChI=1S/C20H19FN2O4/c1-11(24)23-15-7-2-3-8-16(15)27-17-10-14(19(25)18(17)23)22-20(26)12-5-4-6-13(21)9-12/h2-9,14,17-19,25H,10H2,1H3,(H,22,26)/t14-,17-,18-,19-/m1/s1. The van der Waals surface area contributed by atoms with Gasteiger partial charge in [0.2, 0.25) is 5.91 Å². The number of para-hydroxylation sites is 2. The smallest absolute Gasteiger partial charge is 0.251 e. The molecule has 4 rings (SSSR count). The number of amides is 2. The zero-order valence-electron chi connectivity index (χ0n) is 14.6. The Labute approximate surface area is 155 Å². The van der Waals surface area contributed by atoms with Gasteiger partial charge in [0.1, 0.15) is 23.7 Å². The van der Waals surface area contributed by atoms with E-state index >= 15 is 0 Å². The Kier molecular flexibility index (Phi) is 4.31. The summed E-state index contributed by atoms with van der Waals surface area (Å²) in [4.78, 5) is 26.2. The van der Waals surface area contributed by atoms with E-state index in [0.29, 0.717) is 17.9 Å². The highest BCUT2D eigenvalue weighted by Crippen LogP contribution is 2.42. The van der Waals surface area contributed by atoms with Crippen molar-refractivity contribution in [3.8, 4) is 5.75 Å². The number of aliphatic hydroxyl groups is 1. The molecular weight excluding hydrogens is 351 g/mol. The third-order valence-corrected chi connectivity index (χ3v) is 5.07. The Morgan fingerprint density at radius 2 is 2.00 bits per heavy atom. The third kappa shape index (κ3) is 3.04. The molecule has 0 bridgehead atoms. The van der Waals surface area contributed by atoms with Crippen LogP contribution in [0.25, 0.3) is 0 Å². The van der Waals surface area contributed by atoms with E-state index in [1.807, 2.05) is 6.07 Å². The normalized spacial score (nSPS) is 26.0. The first-order valence-corrected chi connectivity index (χ1v) is 8.75. The van der Waals surface area contributed by atoms with Gasteiger partial charge in [-0.1, -0.05) is 18.2 Å². The fraction of sp³-hybridized carbons (Fsp3) is 0.300. The number of benzene rings is 2. The molecule has 1 aliphatic carbocycles. The molecular formula is C20H19FN2O4. The summed E-state index contributed by atoms with van der Waals surface area (Å²) in [6.45, 7) is 1.44. The summed E-state index contributed by atoms with van der Waals surface area (Å²) in [6.07, 6.45) is -1.12. The van der Waals surface area contributed by atoms with Crippen LogP contribution < -0.4 is 15.0 Å². The molecule has 0 radical (unpaired) electrons. The van der Waals surface area contributed by atoms with Crippen LogP contribution >= 0.6 is 0 Å².